The third kappa shape index (κ3) is 3.55. The molecule has 0 amide bonds. The van der Waals surface area contributed by atoms with Crippen LogP contribution in [0.3, 0.4) is 0 Å². The van der Waals surface area contributed by atoms with Crippen LogP contribution < -0.4 is 4.74 Å². The molecule has 1 aromatic heterocycles. The topological polar surface area (TPSA) is 47.9 Å². The third-order valence-corrected chi connectivity index (χ3v) is 3.03. The maximum absolute atomic E-state index is 6.09. The second kappa shape index (κ2) is 6.17. The minimum Gasteiger partial charge on any atom is -0.463 e. The Labute approximate surface area is 121 Å². The Kier molecular flexibility index (Phi) is 4.56. The van der Waals surface area contributed by atoms with Gasteiger partial charge in [-0.25, -0.2) is 0 Å². The molecule has 0 saturated carbocycles. The first-order valence-electron chi connectivity index (χ1n) is 5.91. The molecule has 0 spiro atoms. The second-order valence-electron chi connectivity index (χ2n) is 4.02. The van der Waals surface area contributed by atoms with Crippen LogP contribution in [0.15, 0.2) is 18.2 Å². The number of halogens is 2. The van der Waals surface area contributed by atoms with Gasteiger partial charge in [0.15, 0.2) is 5.82 Å². The van der Waals surface area contributed by atoms with Crippen LogP contribution in [0.25, 0.3) is 11.4 Å². The number of aryl methyl sites for hydroxylation is 1. The molecule has 0 radical (unpaired) electrons. The lowest BCUT2D eigenvalue weighted by Crippen LogP contribution is -2.02. The fraction of sp³-hybridized carbons (Fsp3) is 0.308. The highest BCUT2D eigenvalue weighted by atomic mass is 35.5. The average Bonchev–Trinajstić information content (AvgIpc) is 2.39. The van der Waals surface area contributed by atoms with Gasteiger partial charge in [-0.15, -0.1) is 0 Å². The van der Waals surface area contributed by atoms with Crippen molar-refractivity contribution < 1.29 is 4.74 Å². The number of hydrogen-bond acceptors (Lipinski definition) is 4. The maximum atomic E-state index is 6.09. The Morgan fingerprint density at radius 3 is 2.63 bits per heavy atom. The Bertz CT molecular complexity index is 590. The molecular weight excluding hydrogens is 285 g/mol. The summed E-state index contributed by atoms with van der Waals surface area (Å²) in [7, 11) is 0. The van der Waals surface area contributed by atoms with E-state index in [0.717, 1.165) is 17.5 Å². The predicted molar refractivity (Wildman–Crippen MR) is 75.8 cm³/mol. The predicted octanol–water partition coefficient (Wildman–Crippen LogP) is 3.94. The van der Waals surface area contributed by atoms with Crippen LogP contribution in [0, 0.1) is 6.92 Å². The number of rotatable bonds is 4. The summed E-state index contributed by atoms with van der Waals surface area (Å²) < 4.78 is 5.37. The van der Waals surface area contributed by atoms with E-state index in [0.29, 0.717) is 17.5 Å². The van der Waals surface area contributed by atoms with Crippen LogP contribution in [0.2, 0.25) is 10.3 Å². The highest BCUT2D eigenvalue weighted by Gasteiger charge is 2.09. The van der Waals surface area contributed by atoms with Crippen LogP contribution in [0.1, 0.15) is 18.9 Å². The van der Waals surface area contributed by atoms with Gasteiger partial charge in [0.2, 0.25) is 5.28 Å². The Morgan fingerprint density at radius 1 is 1.16 bits per heavy atom. The molecule has 0 aliphatic heterocycles. The van der Waals surface area contributed by atoms with Crippen LogP contribution in [0.4, 0.5) is 0 Å². The summed E-state index contributed by atoms with van der Waals surface area (Å²) in [5.41, 5.74) is 1.77. The van der Waals surface area contributed by atoms with E-state index < -0.39 is 0 Å². The van der Waals surface area contributed by atoms with E-state index in [1.54, 1.807) is 6.07 Å². The summed E-state index contributed by atoms with van der Waals surface area (Å²) in [4.78, 5) is 12.2. The molecular formula is C13H13Cl2N3O. The maximum Gasteiger partial charge on any atom is 0.321 e. The van der Waals surface area contributed by atoms with Crippen molar-refractivity contribution in [2.45, 2.75) is 20.3 Å². The molecule has 4 nitrogen and oxygen atoms in total. The van der Waals surface area contributed by atoms with Gasteiger partial charge in [0, 0.05) is 10.6 Å². The van der Waals surface area contributed by atoms with Crippen molar-refractivity contribution in [1.29, 1.82) is 0 Å². The van der Waals surface area contributed by atoms with Crippen molar-refractivity contribution in [3.8, 4) is 17.4 Å². The molecule has 1 heterocycles. The number of ether oxygens (including phenoxy) is 1. The van der Waals surface area contributed by atoms with Crippen LogP contribution in [-0.2, 0) is 0 Å². The second-order valence-corrected chi connectivity index (χ2v) is 4.77. The lowest BCUT2D eigenvalue weighted by atomic mass is 10.1. The number of hydrogen-bond donors (Lipinski definition) is 0. The first kappa shape index (κ1) is 14.0. The van der Waals surface area contributed by atoms with Gasteiger partial charge < -0.3 is 4.74 Å². The molecule has 6 heteroatoms. The first-order valence-corrected chi connectivity index (χ1v) is 6.66. The van der Waals surface area contributed by atoms with Gasteiger partial charge in [-0.2, -0.15) is 15.0 Å². The monoisotopic (exact) mass is 297 g/mol. The van der Waals surface area contributed by atoms with E-state index in [2.05, 4.69) is 15.0 Å². The standard InChI is InChI=1S/C13H13Cl2N3O/c1-3-6-19-13-17-11(16-12(15)18-13)9-5-4-8(2)10(14)7-9/h4-5,7H,3,6H2,1-2H3. The molecule has 0 aliphatic rings. The number of benzene rings is 1. The van der Waals surface area contributed by atoms with Gasteiger partial charge in [0.1, 0.15) is 0 Å². The lowest BCUT2D eigenvalue weighted by molar-refractivity contribution is 0.291. The average molecular weight is 298 g/mol. The molecule has 19 heavy (non-hydrogen) atoms. The zero-order valence-electron chi connectivity index (χ0n) is 10.7. The van der Waals surface area contributed by atoms with E-state index in [4.69, 9.17) is 27.9 Å². The Morgan fingerprint density at radius 2 is 1.95 bits per heavy atom. The SMILES string of the molecule is CCCOc1nc(Cl)nc(-c2ccc(C)c(Cl)c2)n1. The molecule has 100 valence electrons. The van der Waals surface area contributed by atoms with Crippen molar-refractivity contribution >= 4 is 23.2 Å². The summed E-state index contributed by atoms with van der Waals surface area (Å²) >= 11 is 12.0. The summed E-state index contributed by atoms with van der Waals surface area (Å²) in [6.45, 7) is 4.47. The van der Waals surface area contributed by atoms with Crippen molar-refractivity contribution in [2.24, 2.45) is 0 Å². The molecule has 0 N–H and O–H groups in total. The minimum absolute atomic E-state index is 0.104. The van der Waals surface area contributed by atoms with E-state index >= 15 is 0 Å². The van der Waals surface area contributed by atoms with Crippen molar-refractivity contribution in [1.82, 2.24) is 15.0 Å². The zero-order chi connectivity index (χ0) is 13.8. The molecule has 0 saturated heterocycles. The molecule has 0 unspecified atom stereocenters. The molecule has 0 aliphatic carbocycles. The molecule has 2 rings (SSSR count). The molecule has 0 bridgehead atoms. The van der Waals surface area contributed by atoms with Gasteiger partial charge in [-0.05, 0) is 36.6 Å². The minimum atomic E-state index is 0.104. The molecule has 0 fully saturated rings. The fourth-order valence-corrected chi connectivity index (χ4v) is 1.78. The van der Waals surface area contributed by atoms with Crippen LogP contribution in [-0.4, -0.2) is 21.6 Å². The smallest absolute Gasteiger partial charge is 0.321 e. The first-order chi connectivity index (χ1) is 9.10. The Balaban J connectivity index is 2.37. The highest BCUT2D eigenvalue weighted by Crippen LogP contribution is 2.24. The summed E-state index contributed by atoms with van der Waals surface area (Å²) in [5, 5.41) is 0.762. The van der Waals surface area contributed by atoms with Crippen molar-refractivity contribution in [2.75, 3.05) is 6.61 Å². The van der Waals surface area contributed by atoms with Gasteiger partial charge in [0.25, 0.3) is 0 Å². The van der Waals surface area contributed by atoms with Crippen molar-refractivity contribution in [3.05, 3.63) is 34.1 Å². The zero-order valence-corrected chi connectivity index (χ0v) is 12.2. The van der Waals surface area contributed by atoms with Gasteiger partial charge in [-0.1, -0.05) is 30.7 Å². The van der Waals surface area contributed by atoms with Crippen molar-refractivity contribution in [3.63, 3.8) is 0 Å². The van der Waals surface area contributed by atoms with Gasteiger partial charge in [0.05, 0.1) is 6.61 Å². The third-order valence-electron chi connectivity index (χ3n) is 2.45. The number of aromatic nitrogens is 3. The molecule has 2 aromatic rings. The summed E-state index contributed by atoms with van der Waals surface area (Å²) in [6, 6.07) is 5.82. The molecule has 1 aromatic carbocycles. The summed E-state index contributed by atoms with van der Waals surface area (Å²) in [6.07, 6.45) is 0.870. The normalized spacial score (nSPS) is 10.5. The summed E-state index contributed by atoms with van der Waals surface area (Å²) in [5.74, 6) is 0.452. The van der Waals surface area contributed by atoms with E-state index in [1.807, 2.05) is 26.0 Å². The van der Waals surface area contributed by atoms with Gasteiger partial charge in [-0.3, -0.25) is 0 Å². The van der Waals surface area contributed by atoms with E-state index in [9.17, 15) is 0 Å². The largest absolute Gasteiger partial charge is 0.463 e. The van der Waals surface area contributed by atoms with Crippen LogP contribution in [0.5, 0.6) is 6.01 Å². The Hall–Kier alpha value is -1.39. The lowest BCUT2D eigenvalue weighted by Gasteiger charge is -2.06. The van der Waals surface area contributed by atoms with E-state index in [1.165, 1.54) is 0 Å². The number of nitrogens with zero attached hydrogens (tertiary/aromatic N) is 3. The molecule has 0 atom stereocenters. The fourth-order valence-electron chi connectivity index (χ4n) is 1.45. The van der Waals surface area contributed by atoms with Crippen LogP contribution >= 0.6 is 23.2 Å². The van der Waals surface area contributed by atoms with E-state index in [-0.39, 0.29) is 11.3 Å². The van der Waals surface area contributed by atoms with Gasteiger partial charge >= 0.3 is 6.01 Å². The quantitative estimate of drug-likeness (QED) is 0.857. The highest BCUT2D eigenvalue weighted by molar-refractivity contribution is 6.31.